The Labute approximate surface area is 159 Å². The molecule has 0 bridgehead atoms. The molecule has 3 saturated heterocycles. The van der Waals surface area contributed by atoms with E-state index < -0.39 is 0 Å². The van der Waals surface area contributed by atoms with Crippen LogP contribution in [0.1, 0.15) is 25.0 Å². The third-order valence-electron chi connectivity index (χ3n) is 5.93. The highest BCUT2D eigenvalue weighted by Gasteiger charge is 2.45. The molecule has 0 aliphatic carbocycles. The predicted octanol–water partition coefficient (Wildman–Crippen LogP) is 2.60. The van der Waals surface area contributed by atoms with Crippen LogP contribution in [0, 0.1) is 17.8 Å². The van der Waals surface area contributed by atoms with Crippen LogP contribution >= 0.6 is 11.8 Å². The molecular weight excluding hydrogens is 348 g/mol. The highest BCUT2D eigenvalue weighted by Crippen LogP contribution is 2.37. The van der Waals surface area contributed by atoms with E-state index in [4.69, 9.17) is 9.47 Å². The Morgan fingerprint density at radius 3 is 3.00 bits per heavy atom. The Morgan fingerprint density at radius 2 is 2.19 bits per heavy atom. The molecule has 6 heteroatoms. The van der Waals surface area contributed by atoms with Crippen molar-refractivity contribution in [2.45, 2.75) is 32.0 Å². The Morgan fingerprint density at radius 1 is 1.31 bits per heavy atom. The molecule has 1 aromatic rings. The zero-order valence-corrected chi connectivity index (χ0v) is 16.0. The standard InChI is InChI=1S/C20H28N2O3S/c23-20(15-5-9-26-10-6-15)22-11-18-16(13-25-19(18)12-22)4-8-24-14-17-3-1-2-7-21-17/h1-3,7,15-16,18-19H,4-6,8-14H2/t16-,18-,19-/m0/s1. The summed E-state index contributed by atoms with van der Waals surface area (Å²) < 4.78 is 11.8. The van der Waals surface area contributed by atoms with Gasteiger partial charge in [0.1, 0.15) is 0 Å². The molecular formula is C20H28N2O3S. The number of rotatable bonds is 6. The highest BCUT2D eigenvalue weighted by atomic mass is 32.2. The number of carbonyl (C=O) groups is 1. The lowest BCUT2D eigenvalue weighted by Crippen LogP contribution is -2.37. The number of hydrogen-bond donors (Lipinski definition) is 0. The molecule has 4 heterocycles. The maximum absolute atomic E-state index is 12.8. The van der Waals surface area contributed by atoms with Crippen LogP contribution in [0.15, 0.2) is 24.4 Å². The van der Waals surface area contributed by atoms with Crippen LogP contribution in [0.4, 0.5) is 0 Å². The number of nitrogens with zero attached hydrogens (tertiary/aromatic N) is 2. The SMILES string of the molecule is O=C(C1CCSCC1)N1C[C@H]2[C@@H](CCOCc3ccccn3)CO[C@H]2C1. The number of fused-ring (bicyclic) bond motifs is 1. The van der Waals surface area contributed by atoms with Gasteiger partial charge in [-0.15, -0.1) is 0 Å². The van der Waals surface area contributed by atoms with Gasteiger partial charge in [0.25, 0.3) is 0 Å². The summed E-state index contributed by atoms with van der Waals surface area (Å²) in [6, 6.07) is 5.88. The first-order chi connectivity index (χ1) is 12.8. The van der Waals surface area contributed by atoms with Crippen LogP contribution in [-0.4, -0.2) is 59.7 Å². The number of thioether (sulfide) groups is 1. The first-order valence-electron chi connectivity index (χ1n) is 9.77. The van der Waals surface area contributed by atoms with Crippen molar-refractivity contribution in [2.75, 3.05) is 37.8 Å². The van der Waals surface area contributed by atoms with E-state index in [9.17, 15) is 4.79 Å². The van der Waals surface area contributed by atoms with E-state index in [-0.39, 0.29) is 12.0 Å². The topological polar surface area (TPSA) is 51.7 Å². The van der Waals surface area contributed by atoms with Gasteiger partial charge in [-0.1, -0.05) is 6.07 Å². The minimum Gasteiger partial charge on any atom is -0.376 e. The van der Waals surface area contributed by atoms with Crippen LogP contribution in [0.5, 0.6) is 0 Å². The van der Waals surface area contributed by atoms with E-state index >= 15 is 0 Å². The average Bonchev–Trinajstić information content (AvgIpc) is 3.27. The number of aromatic nitrogens is 1. The molecule has 0 N–H and O–H groups in total. The van der Waals surface area contributed by atoms with E-state index in [1.807, 2.05) is 30.0 Å². The summed E-state index contributed by atoms with van der Waals surface area (Å²) in [6.07, 6.45) is 5.11. The summed E-state index contributed by atoms with van der Waals surface area (Å²) >= 11 is 1.97. The van der Waals surface area contributed by atoms with Gasteiger partial charge in [0.2, 0.25) is 5.91 Å². The molecule has 1 aromatic heterocycles. The largest absolute Gasteiger partial charge is 0.376 e. The zero-order chi connectivity index (χ0) is 17.8. The molecule has 3 atom stereocenters. The van der Waals surface area contributed by atoms with Crippen LogP contribution < -0.4 is 0 Å². The minimum atomic E-state index is 0.234. The fraction of sp³-hybridized carbons (Fsp3) is 0.700. The summed E-state index contributed by atoms with van der Waals surface area (Å²) in [5, 5.41) is 0. The van der Waals surface area contributed by atoms with E-state index in [1.165, 1.54) is 0 Å². The Bertz CT molecular complexity index is 594. The third-order valence-corrected chi connectivity index (χ3v) is 6.98. The van der Waals surface area contributed by atoms with E-state index in [0.29, 0.717) is 24.3 Å². The Balaban J connectivity index is 1.22. The van der Waals surface area contributed by atoms with E-state index in [1.54, 1.807) is 6.20 Å². The number of ether oxygens (including phenoxy) is 2. The first-order valence-corrected chi connectivity index (χ1v) is 10.9. The normalized spacial score (nSPS) is 29.1. The Kier molecular flexibility index (Phi) is 6.12. The molecule has 0 unspecified atom stereocenters. The van der Waals surface area contributed by atoms with Crippen molar-refractivity contribution in [2.24, 2.45) is 17.8 Å². The number of hydrogen-bond acceptors (Lipinski definition) is 5. The van der Waals surface area contributed by atoms with Crippen molar-refractivity contribution in [3.05, 3.63) is 30.1 Å². The van der Waals surface area contributed by atoms with Crippen molar-refractivity contribution in [1.82, 2.24) is 9.88 Å². The van der Waals surface area contributed by atoms with Gasteiger partial charge < -0.3 is 14.4 Å². The molecule has 3 aliphatic heterocycles. The van der Waals surface area contributed by atoms with Gasteiger partial charge >= 0.3 is 0 Å². The minimum absolute atomic E-state index is 0.234. The van der Waals surface area contributed by atoms with Gasteiger partial charge in [-0.3, -0.25) is 9.78 Å². The summed E-state index contributed by atoms with van der Waals surface area (Å²) in [5.41, 5.74) is 0.969. The van der Waals surface area contributed by atoms with Crippen molar-refractivity contribution in [3.63, 3.8) is 0 Å². The van der Waals surface area contributed by atoms with Gasteiger partial charge in [-0.2, -0.15) is 11.8 Å². The number of carbonyl (C=O) groups excluding carboxylic acids is 1. The molecule has 0 spiro atoms. The fourth-order valence-corrected chi connectivity index (χ4v) is 5.48. The molecule has 1 amide bonds. The fourth-order valence-electron chi connectivity index (χ4n) is 4.37. The highest BCUT2D eigenvalue weighted by molar-refractivity contribution is 7.99. The van der Waals surface area contributed by atoms with Gasteiger partial charge in [-0.25, -0.2) is 0 Å². The molecule has 0 aromatic carbocycles. The second-order valence-corrected chi connectivity index (χ2v) is 8.81. The van der Waals surface area contributed by atoms with Gasteiger partial charge in [0.05, 0.1) is 25.0 Å². The van der Waals surface area contributed by atoms with Crippen LogP contribution in [0.3, 0.4) is 0 Å². The predicted molar refractivity (Wildman–Crippen MR) is 102 cm³/mol. The monoisotopic (exact) mass is 376 g/mol. The molecule has 3 aliphatic rings. The van der Waals surface area contributed by atoms with Crippen molar-refractivity contribution < 1.29 is 14.3 Å². The van der Waals surface area contributed by atoms with Gasteiger partial charge in [-0.05, 0) is 48.8 Å². The maximum atomic E-state index is 12.8. The smallest absolute Gasteiger partial charge is 0.225 e. The van der Waals surface area contributed by atoms with Gasteiger partial charge in [0.15, 0.2) is 0 Å². The summed E-state index contributed by atoms with van der Waals surface area (Å²) in [4.78, 5) is 19.1. The molecule has 3 fully saturated rings. The number of amides is 1. The summed E-state index contributed by atoms with van der Waals surface area (Å²) in [7, 11) is 0. The van der Waals surface area contributed by atoms with Crippen LogP contribution in [0.2, 0.25) is 0 Å². The first kappa shape index (κ1) is 18.3. The molecule has 0 radical (unpaired) electrons. The molecule has 26 heavy (non-hydrogen) atoms. The Hall–Kier alpha value is -1.11. The summed E-state index contributed by atoms with van der Waals surface area (Å²) in [6.45, 7) is 3.76. The molecule has 4 rings (SSSR count). The zero-order valence-electron chi connectivity index (χ0n) is 15.2. The van der Waals surface area contributed by atoms with Crippen molar-refractivity contribution >= 4 is 17.7 Å². The molecule has 142 valence electrons. The van der Waals surface area contributed by atoms with Crippen LogP contribution in [0.25, 0.3) is 0 Å². The van der Waals surface area contributed by atoms with E-state index in [0.717, 1.165) is 62.8 Å². The lowest BCUT2D eigenvalue weighted by molar-refractivity contribution is -0.135. The third kappa shape index (κ3) is 4.24. The molecule has 0 saturated carbocycles. The number of pyridine rings is 1. The molecule has 5 nitrogen and oxygen atoms in total. The number of likely N-dealkylation sites (tertiary alicyclic amines) is 1. The van der Waals surface area contributed by atoms with Crippen molar-refractivity contribution in [3.8, 4) is 0 Å². The average molecular weight is 377 g/mol. The second kappa shape index (κ2) is 8.72. The summed E-state index contributed by atoms with van der Waals surface area (Å²) in [5.74, 6) is 3.86. The van der Waals surface area contributed by atoms with E-state index in [2.05, 4.69) is 9.88 Å². The maximum Gasteiger partial charge on any atom is 0.225 e. The van der Waals surface area contributed by atoms with Crippen LogP contribution in [-0.2, 0) is 20.9 Å². The quantitative estimate of drug-likeness (QED) is 0.715. The van der Waals surface area contributed by atoms with Crippen molar-refractivity contribution in [1.29, 1.82) is 0 Å². The second-order valence-electron chi connectivity index (χ2n) is 7.59. The lowest BCUT2D eigenvalue weighted by atomic mass is 9.91. The van der Waals surface area contributed by atoms with Gasteiger partial charge in [0, 0.05) is 37.7 Å². The lowest BCUT2D eigenvalue weighted by Gasteiger charge is -2.27.